The Bertz CT molecular complexity index is 1020. The summed E-state index contributed by atoms with van der Waals surface area (Å²) in [5.74, 6) is 0.546. The number of ether oxygens (including phenoxy) is 1. The summed E-state index contributed by atoms with van der Waals surface area (Å²) in [5.41, 5.74) is 2.03. The van der Waals surface area contributed by atoms with Crippen LogP contribution in [0.3, 0.4) is 0 Å². The maximum absolute atomic E-state index is 12.4. The Morgan fingerprint density at radius 1 is 1.28 bits per heavy atom. The molecule has 3 rings (SSSR count). The number of hydrogen-bond donors (Lipinski definition) is 1. The molecular weight excluding hydrogens is 620 g/mol. The highest BCUT2D eigenvalue weighted by atomic mass is 127. The fourth-order valence-corrected chi connectivity index (χ4v) is 5.19. The summed E-state index contributed by atoms with van der Waals surface area (Å²) in [4.78, 5) is 24.3. The molecule has 1 saturated heterocycles. The number of rotatable bonds is 6. The summed E-state index contributed by atoms with van der Waals surface area (Å²) in [6.07, 6.45) is 1.76. The van der Waals surface area contributed by atoms with Crippen molar-refractivity contribution >= 4 is 80.2 Å². The van der Waals surface area contributed by atoms with Crippen molar-refractivity contribution in [2.75, 3.05) is 6.54 Å². The molecule has 150 valence electrons. The van der Waals surface area contributed by atoms with Crippen LogP contribution in [0.2, 0.25) is 0 Å². The van der Waals surface area contributed by atoms with Crippen LogP contribution < -0.4 is 10.1 Å². The molecule has 1 amide bonds. The predicted molar refractivity (Wildman–Crippen MR) is 130 cm³/mol. The molecule has 7 nitrogen and oxygen atoms in total. The first kappa shape index (κ1) is 21.9. The van der Waals surface area contributed by atoms with Crippen molar-refractivity contribution < 1.29 is 14.5 Å². The number of halogens is 2. The van der Waals surface area contributed by atoms with E-state index in [2.05, 4.69) is 50.5 Å². The molecule has 0 aliphatic carbocycles. The fraction of sp³-hybridized carbons (Fsp3) is 0.158. The van der Waals surface area contributed by atoms with Crippen molar-refractivity contribution in [3.05, 3.63) is 70.5 Å². The SMILES string of the molecule is CCN1C(=O)/C(=C/c2cc(I)c(OCc3cccc([N+](=O)[O-])c3)c(I)c2)NC1=S. The van der Waals surface area contributed by atoms with Gasteiger partial charge in [0.15, 0.2) is 5.11 Å². The van der Waals surface area contributed by atoms with Gasteiger partial charge in [-0.25, -0.2) is 0 Å². The molecular formula is C19H15I2N3O4S. The number of hydrogen-bond acceptors (Lipinski definition) is 5. The third kappa shape index (κ3) is 5.04. The maximum Gasteiger partial charge on any atom is 0.276 e. The largest absolute Gasteiger partial charge is 0.487 e. The van der Waals surface area contributed by atoms with Crippen molar-refractivity contribution in [1.82, 2.24) is 10.2 Å². The molecule has 0 saturated carbocycles. The number of carbonyl (C=O) groups is 1. The molecule has 1 heterocycles. The number of benzene rings is 2. The molecule has 0 bridgehead atoms. The number of thiocarbonyl (C=S) groups is 1. The second-order valence-electron chi connectivity index (χ2n) is 6.07. The normalized spacial score (nSPS) is 15.0. The smallest absolute Gasteiger partial charge is 0.276 e. The van der Waals surface area contributed by atoms with Crippen molar-refractivity contribution in [2.24, 2.45) is 0 Å². The number of nitro benzene ring substituents is 1. The van der Waals surface area contributed by atoms with Gasteiger partial charge < -0.3 is 10.1 Å². The van der Waals surface area contributed by atoms with E-state index in [-0.39, 0.29) is 18.2 Å². The van der Waals surface area contributed by atoms with E-state index in [1.165, 1.54) is 17.0 Å². The molecule has 1 N–H and O–H groups in total. The summed E-state index contributed by atoms with van der Waals surface area (Å²) >= 11 is 9.52. The molecule has 1 aliphatic rings. The lowest BCUT2D eigenvalue weighted by Gasteiger charge is -2.12. The highest BCUT2D eigenvalue weighted by molar-refractivity contribution is 14.1. The van der Waals surface area contributed by atoms with Crippen LogP contribution >= 0.6 is 57.4 Å². The lowest BCUT2D eigenvalue weighted by Crippen LogP contribution is -2.30. The van der Waals surface area contributed by atoms with E-state index in [0.29, 0.717) is 28.7 Å². The zero-order valence-corrected chi connectivity index (χ0v) is 20.3. The standard InChI is InChI=1S/C19H15I2N3O4S/c1-2-23-18(25)16(22-19(23)29)9-12-7-14(20)17(15(21)8-12)28-10-11-4-3-5-13(6-11)24(26)27/h3-9H,2,10H2,1H3,(H,22,29)/b16-9-. The van der Waals surface area contributed by atoms with E-state index >= 15 is 0 Å². The van der Waals surface area contributed by atoms with Gasteiger partial charge in [0.05, 0.1) is 12.1 Å². The molecule has 29 heavy (non-hydrogen) atoms. The van der Waals surface area contributed by atoms with Gasteiger partial charge in [0.25, 0.3) is 11.6 Å². The van der Waals surface area contributed by atoms with E-state index in [4.69, 9.17) is 17.0 Å². The van der Waals surface area contributed by atoms with Crippen molar-refractivity contribution in [2.45, 2.75) is 13.5 Å². The first-order valence-corrected chi connectivity index (χ1v) is 11.1. The molecule has 2 aromatic carbocycles. The van der Waals surface area contributed by atoms with Crippen LogP contribution in [-0.4, -0.2) is 27.4 Å². The topological polar surface area (TPSA) is 84.7 Å². The number of nitrogens with zero attached hydrogens (tertiary/aromatic N) is 2. The number of non-ortho nitro benzene ring substituents is 1. The maximum atomic E-state index is 12.4. The molecule has 0 spiro atoms. The van der Waals surface area contributed by atoms with Gasteiger partial charge in [-0.05, 0) is 93.7 Å². The van der Waals surface area contributed by atoms with Gasteiger partial charge in [-0.3, -0.25) is 19.8 Å². The van der Waals surface area contributed by atoms with Crippen LogP contribution in [0.15, 0.2) is 42.1 Å². The summed E-state index contributed by atoms with van der Waals surface area (Å²) in [6, 6.07) is 10.2. The Labute approximate surface area is 199 Å². The lowest BCUT2D eigenvalue weighted by atomic mass is 10.2. The number of amides is 1. The van der Waals surface area contributed by atoms with Crippen LogP contribution in [0.25, 0.3) is 6.08 Å². The third-order valence-corrected chi connectivity index (χ3v) is 6.04. The molecule has 1 fully saturated rings. The molecule has 0 atom stereocenters. The van der Waals surface area contributed by atoms with Crippen molar-refractivity contribution in [1.29, 1.82) is 0 Å². The minimum Gasteiger partial charge on any atom is -0.487 e. The van der Waals surface area contributed by atoms with Gasteiger partial charge in [-0.15, -0.1) is 0 Å². The monoisotopic (exact) mass is 635 g/mol. The Morgan fingerprint density at radius 3 is 2.55 bits per heavy atom. The van der Waals surface area contributed by atoms with E-state index in [1.807, 2.05) is 19.1 Å². The lowest BCUT2D eigenvalue weighted by molar-refractivity contribution is -0.384. The van der Waals surface area contributed by atoms with Gasteiger partial charge in [0.1, 0.15) is 18.1 Å². The summed E-state index contributed by atoms with van der Waals surface area (Å²) < 4.78 is 7.65. The zero-order chi connectivity index (χ0) is 21.1. The van der Waals surface area contributed by atoms with Crippen LogP contribution in [0.5, 0.6) is 5.75 Å². The second kappa shape index (κ2) is 9.34. The van der Waals surface area contributed by atoms with Crippen LogP contribution in [0.1, 0.15) is 18.1 Å². The molecule has 0 radical (unpaired) electrons. The Kier molecular flexibility index (Phi) is 7.05. The van der Waals surface area contributed by atoms with Gasteiger partial charge in [-0.2, -0.15) is 0 Å². The molecule has 0 aromatic heterocycles. The molecule has 0 unspecified atom stereocenters. The third-order valence-electron chi connectivity index (χ3n) is 4.11. The molecule has 10 heteroatoms. The zero-order valence-electron chi connectivity index (χ0n) is 15.1. The average Bonchev–Trinajstić information content (AvgIpc) is 2.93. The van der Waals surface area contributed by atoms with Gasteiger partial charge >= 0.3 is 0 Å². The van der Waals surface area contributed by atoms with Crippen molar-refractivity contribution in [3.63, 3.8) is 0 Å². The minimum absolute atomic E-state index is 0.0326. The number of nitrogens with one attached hydrogen (secondary N) is 1. The first-order valence-electron chi connectivity index (χ1n) is 8.50. The van der Waals surface area contributed by atoms with Crippen LogP contribution in [-0.2, 0) is 11.4 Å². The summed E-state index contributed by atoms with van der Waals surface area (Å²) in [7, 11) is 0. The summed E-state index contributed by atoms with van der Waals surface area (Å²) in [6.45, 7) is 2.60. The minimum atomic E-state index is -0.428. The first-order chi connectivity index (χ1) is 13.8. The highest BCUT2D eigenvalue weighted by Crippen LogP contribution is 2.31. The average molecular weight is 635 g/mol. The fourth-order valence-electron chi connectivity index (χ4n) is 2.74. The Hall–Kier alpha value is -1.80. The van der Waals surface area contributed by atoms with E-state index in [1.54, 1.807) is 18.2 Å². The number of carbonyl (C=O) groups excluding carboxylic acids is 1. The van der Waals surface area contributed by atoms with Crippen LogP contribution in [0, 0.1) is 17.3 Å². The van der Waals surface area contributed by atoms with E-state index in [9.17, 15) is 14.9 Å². The molecule has 2 aromatic rings. The summed E-state index contributed by atoms with van der Waals surface area (Å²) in [5, 5.41) is 14.3. The predicted octanol–water partition coefficient (Wildman–Crippen LogP) is 4.46. The van der Waals surface area contributed by atoms with Gasteiger partial charge in [0, 0.05) is 18.7 Å². The van der Waals surface area contributed by atoms with E-state index in [0.717, 1.165) is 12.7 Å². The highest BCUT2D eigenvalue weighted by Gasteiger charge is 2.29. The Morgan fingerprint density at radius 2 is 1.97 bits per heavy atom. The quantitative estimate of drug-likeness (QED) is 0.166. The Balaban J connectivity index is 1.79. The van der Waals surface area contributed by atoms with Gasteiger partial charge in [0.2, 0.25) is 0 Å². The molecule has 1 aliphatic heterocycles. The second-order valence-corrected chi connectivity index (χ2v) is 8.78. The number of nitro groups is 1. The van der Waals surface area contributed by atoms with Crippen LogP contribution in [0.4, 0.5) is 5.69 Å². The van der Waals surface area contributed by atoms with Gasteiger partial charge in [-0.1, -0.05) is 12.1 Å². The number of likely N-dealkylation sites (N-methyl/N-ethyl adjacent to an activating group) is 1. The van der Waals surface area contributed by atoms with Crippen molar-refractivity contribution in [3.8, 4) is 5.75 Å². The van der Waals surface area contributed by atoms with E-state index < -0.39 is 4.92 Å².